The Morgan fingerprint density at radius 3 is 2.71 bits per heavy atom. The summed E-state index contributed by atoms with van der Waals surface area (Å²) >= 11 is 1.35. The summed E-state index contributed by atoms with van der Waals surface area (Å²) in [5.74, 6) is 1.13. The number of methoxy groups -OCH3 is 2. The average Bonchev–Trinajstić information content (AvgIpc) is 3.09. The van der Waals surface area contributed by atoms with Crippen molar-refractivity contribution in [3.05, 3.63) is 28.8 Å². The Balaban J connectivity index is 1.64. The Hall–Kier alpha value is -3.01. The van der Waals surface area contributed by atoms with Crippen LogP contribution in [-0.2, 0) is 17.7 Å². The molecule has 2 aromatic rings. The first-order valence-electron chi connectivity index (χ1n) is 8.74. The lowest BCUT2D eigenvalue weighted by atomic mass is 10.2. The molecule has 0 aliphatic carbocycles. The van der Waals surface area contributed by atoms with Gasteiger partial charge < -0.3 is 24.4 Å². The SMILES string of the molecule is CCOC(=O)Nc1nc2c(s1)CN(C(=O)Nc1ccc(OC)c(OC)c1)CC2. The molecule has 1 aromatic heterocycles. The smallest absolute Gasteiger partial charge is 0.413 e. The van der Waals surface area contributed by atoms with E-state index in [4.69, 9.17) is 14.2 Å². The van der Waals surface area contributed by atoms with Crippen LogP contribution >= 0.6 is 11.3 Å². The fourth-order valence-electron chi connectivity index (χ4n) is 2.79. The lowest BCUT2D eigenvalue weighted by molar-refractivity contribution is 0.168. The van der Waals surface area contributed by atoms with E-state index >= 15 is 0 Å². The summed E-state index contributed by atoms with van der Waals surface area (Å²) in [7, 11) is 3.10. The van der Waals surface area contributed by atoms with Gasteiger partial charge in [0, 0.05) is 29.6 Å². The van der Waals surface area contributed by atoms with E-state index in [1.165, 1.54) is 11.3 Å². The molecule has 1 aromatic carbocycles. The highest BCUT2D eigenvalue weighted by Crippen LogP contribution is 2.31. The van der Waals surface area contributed by atoms with Gasteiger partial charge in [-0.3, -0.25) is 5.32 Å². The van der Waals surface area contributed by atoms with E-state index in [9.17, 15) is 9.59 Å². The molecular formula is C18H22N4O5S. The molecule has 0 spiro atoms. The summed E-state index contributed by atoms with van der Waals surface area (Å²) in [5, 5.41) is 5.96. The highest BCUT2D eigenvalue weighted by atomic mass is 32.1. The zero-order chi connectivity index (χ0) is 20.1. The second kappa shape index (κ2) is 8.79. The third-order valence-electron chi connectivity index (χ3n) is 4.14. The maximum Gasteiger partial charge on any atom is 0.413 e. The van der Waals surface area contributed by atoms with Gasteiger partial charge in [0.1, 0.15) is 0 Å². The molecule has 10 heteroatoms. The zero-order valence-electron chi connectivity index (χ0n) is 15.9. The zero-order valence-corrected chi connectivity index (χ0v) is 16.7. The summed E-state index contributed by atoms with van der Waals surface area (Å²) in [4.78, 5) is 31.2. The van der Waals surface area contributed by atoms with Crippen LogP contribution in [0, 0.1) is 0 Å². The Morgan fingerprint density at radius 1 is 1.21 bits per heavy atom. The van der Waals surface area contributed by atoms with Crippen LogP contribution in [-0.4, -0.2) is 49.4 Å². The van der Waals surface area contributed by atoms with Crippen LogP contribution in [0.4, 0.5) is 20.4 Å². The number of nitrogens with zero attached hydrogens (tertiary/aromatic N) is 2. The Kier molecular flexibility index (Phi) is 6.19. The minimum Gasteiger partial charge on any atom is -0.493 e. The number of ether oxygens (including phenoxy) is 3. The van der Waals surface area contributed by atoms with Crippen molar-refractivity contribution in [2.24, 2.45) is 0 Å². The first-order chi connectivity index (χ1) is 13.5. The lowest BCUT2D eigenvalue weighted by Gasteiger charge is -2.26. The van der Waals surface area contributed by atoms with Crippen LogP contribution in [0.25, 0.3) is 0 Å². The normalized spacial score (nSPS) is 12.8. The number of carbonyl (C=O) groups excluding carboxylic acids is 2. The molecular weight excluding hydrogens is 384 g/mol. The number of carbonyl (C=O) groups is 2. The number of fused-ring (bicyclic) bond motifs is 1. The monoisotopic (exact) mass is 406 g/mol. The lowest BCUT2D eigenvalue weighted by Crippen LogP contribution is -2.38. The molecule has 2 heterocycles. The first-order valence-corrected chi connectivity index (χ1v) is 9.56. The van der Waals surface area contributed by atoms with Gasteiger partial charge in [0.15, 0.2) is 16.6 Å². The number of hydrogen-bond acceptors (Lipinski definition) is 7. The quantitative estimate of drug-likeness (QED) is 0.790. The Labute approximate surface area is 166 Å². The number of nitrogens with one attached hydrogen (secondary N) is 2. The van der Waals surface area contributed by atoms with E-state index in [1.807, 2.05) is 0 Å². The van der Waals surface area contributed by atoms with Crippen LogP contribution < -0.4 is 20.1 Å². The molecule has 0 fully saturated rings. The van der Waals surface area contributed by atoms with E-state index in [0.717, 1.165) is 10.6 Å². The minimum absolute atomic E-state index is 0.217. The Bertz CT molecular complexity index is 870. The molecule has 1 aliphatic rings. The predicted octanol–water partition coefficient (Wildman–Crippen LogP) is 3.32. The summed E-state index contributed by atoms with van der Waals surface area (Å²) in [5.41, 5.74) is 1.51. The first kappa shape index (κ1) is 19.7. The molecule has 0 atom stereocenters. The molecule has 2 N–H and O–H groups in total. The maximum absolute atomic E-state index is 12.6. The van der Waals surface area contributed by atoms with Crippen LogP contribution in [0.3, 0.4) is 0 Å². The number of amides is 3. The van der Waals surface area contributed by atoms with E-state index in [1.54, 1.807) is 44.2 Å². The van der Waals surface area contributed by atoms with Crippen molar-refractivity contribution in [1.82, 2.24) is 9.88 Å². The van der Waals surface area contributed by atoms with Crippen molar-refractivity contribution < 1.29 is 23.8 Å². The second-order valence-electron chi connectivity index (χ2n) is 5.91. The Morgan fingerprint density at radius 2 is 2.00 bits per heavy atom. The third-order valence-corrected chi connectivity index (χ3v) is 5.14. The number of thiazole rings is 1. The topological polar surface area (TPSA) is 102 Å². The van der Waals surface area contributed by atoms with Gasteiger partial charge in [-0.2, -0.15) is 0 Å². The van der Waals surface area contributed by atoms with Gasteiger partial charge in [-0.1, -0.05) is 11.3 Å². The van der Waals surface area contributed by atoms with Gasteiger partial charge in [0.2, 0.25) is 0 Å². The fraction of sp³-hybridized carbons (Fsp3) is 0.389. The molecule has 9 nitrogen and oxygen atoms in total. The molecule has 0 bridgehead atoms. The summed E-state index contributed by atoms with van der Waals surface area (Å²) in [6, 6.07) is 4.98. The van der Waals surface area contributed by atoms with E-state index in [2.05, 4.69) is 15.6 Å². The predicted molar refractivity (Wildman–Crippen MR) is 105 cm³/mol. The van der Waals surface area contributed by atoms with Crippen LogP contribution in [0.2, 0.25) is 0 Å². The van der Waals surface area contributed by atoms with Crippen molar-refractivity contribution in [2.45, 2.75) is 19.9 Å². The number of rotatable bonds is 5. The summed E-state index contributed by atoms with van der Waals surface area (Å²) in [6.45, 7) is 2.99. The van der Waals surface area contributed by atoms with Crippen molar-refractivity contribution in [3.63, 3.8) is 0 Å². The number of benzene rings is 1. The van der Waals surface area contributed by atoms with E-state index in [0.29, 0.717) is 48.4 Å². The molecule has 0 radical (unpaired) electrons. The van der Waals surface area contributed by atoms with Gasteiger partial charge >= 0.3 is 12.1 Å². The van der Waals surface area contributed by atoms with Crippen molar-refractivity contribution >= 4 is 34.3 Å². The van der Waals surface area contributed by atoms with Crippen LogP contribution in [0.1, 0.15) is 17.5 Å². The highest BCUT2D eigenvalue weighted by molar-refractivity contribution is 7.15. The van der Waals surface area contributed by atoms with Gasteiger partial charge in [0.25, 0.3) is 0 Å². The third kappa shape index (κ3) is 4.45. The number of aromatic nitrogens is 1. The summed E-state index contributed by atoms with van der Waals surface area (Å²) in [6.07, 6.45) is 0.0898. The van der Waals surface area contributed by atoms with Crippen LogP contribution in [0.5, 0.6) is 11.5 Å². The highest BCUT2D eigenvalue weighted by Gasteiger charge is 2.25. The molecule has 3 amide bonds. The average molecular weight is 406 g/mol. The van der Waals surface area contributed by atoms with Crippen molar-refractivity contribution in [3.8, 4) is 11.5 Å². The molecule has 1 aliphatic heterocycles. The maximum atomic E-state index is 12.6. The van der Waals surface area contributed by atoms with Crippen molar-refractivity contribution in [1.29, 1.82) is 0 Å². The number of anilines is 2. The number of hydrogen-bond donors (Lipinski definition) is 2. The van der Waals surface area contributed by atoms with Gasteiger partial charge in [0.05, 0.1) is 33.1 Å². The standard InChI is InChI=1S/C18H22N4O5S/c1-4-27-18(24)21-16-20-12-7-8-22(10-15(12)28-16)17(23)19-11-5-6-13(25-2)14(9-11)26-3/h5-6,9H,4,7-8,10H2,1-3H3,(H,19,23)(H,20,21,24). The molecule has 28 heavy (non-hydrogen) atoms. The van der Waals surface area contributed by atoms with Gasteiger partial charge in [-0.25, -0.2) is 14.6 Å². The van der Waals surface area contributed by atoms with Crippen molar-refractivity contribution in [2.75, 3.05) is 38.0 Å². The van der Waals surface area contributed by atoms with Gasteiger partial charge in [-0.15, -0.1) is 0 Å². The molecule has 0 saturated heterocycles. The summed E-state index contributed by atoms with van der Waals surface area (Å²) < 4.78 is 15.3. The fourth-order valence-corrected chi connectivity index (χ4v) is 3.80. The molecule has 3 rings (SSSR count). The second-order valence-corrected chi connectivity index (χ2v) is 6.99. The minimum atomic E-state index is -0.531. The number of urea groups is 1. The molecule has 0 saturated carbocycles. The van der Waals surface area contributed by atoms with E-state index in [-0.39, 0.29) is 6.03 Å². The molecule has 150 valence electrons. The van der Waals surface area contributed by atoms with Gasteiger partial charge in [-0.05, 0) is 19.1 Å². The van der Waals surface area contributed by atoms with E-state index < -0.39 is 6.09 Å². The largest absolute Gasteiger partial charge is 0.493 e. The van der Waals surface area contributed by atoms with Crippen LogP contribution in [0.15, 0.2) is 18.2 Å². The molecule has 0 unspecified atom stereocenters.